The second kappa shape index (κ2) is 9.92. The van der Waals surface area contributed by atoms with Gasteiger partial charge in [-0.1, -0.05) is 11.6 Å². The molecule has 0 atom stereocenters. The summed E-state index contributed by atoms with van der Waals surface area (Å²) < 4.78 is 12.7. The lowest BCUT2D eigenvalue weighted by Crippen LogP contribution is -2.44. The van der Waals surface area contributed by atoms with Crippen LogP contribution in [0.5, 0.6) is 11.5 Å². The quantitative estimate of drug-likeness (QED) is 0.346. The average molecular weight is 532 g/mol. The minimum atomic E-state index is 0.440. The molecule has 0 saturated carbocycles. The van der Waals surface area contributed by atoms with Crippen LogP contribution in [0, 0.1) is 0 Å². The van der Waals surface area contributed by atoms with Crippen molar-refractivity contribution in [2.75, 3.05) is 57.7 Å². The van der Waals surface area contributed by atoms with E-state index in [2.05, 4.69) is 42.3 Å². The maximum atomic E-state index is 6.68. The molecule has 1 aromatic carbocycles. The highest BCUT2D eigenvalue weighted by Gasteiger charge is 2.19. The first-order valence-corrected chi connectivity index (χ1v) is 12.5. The Morgan fingerprint density at radius 1 is 0.921 bits per heavy atom. The van der Waals surface area contributed by atoms with Crippen LogP contribution in [0.25, 0.3) is 27.8 Å². The van der Waals surface area contributed by atoms with Gasteiger partial charge < -0.3 is 24.6 Å². The summed E-state index contributed by atoms with van der Waals surface area (Å²) in [6.07, 6.45) is 5.18. The lowest BCUT2D eigenvalue weighted by Gasteiger charge is -2.33. The van der Waals surface area contributed by atoms with E-state index in [0.29, 0.717) is 39.3 Å². The molecule has 38 heavy (non-hydrogen) atoms. The van der Waals surface area contributed by atoms with E-state index in [1.165, 1.54) is 0 Å². The molecule has 0 bridgehead atoms. The van der Waals surface area contributed by atoms with Gasteiger partial charge in [-0.3, -0.25) is 4.40 Å². The lowest BCUT2D eigenvalue weighted by molar-refractivity contribution is 0.312. The average Bonchev–Trinajstić information content (AvgIpc) is 3.44. The zero-order chi connectivity index (χ0) is 26.2. The predicted molar refractivity (Wildman–Crippen MR) is 147 cm³/mol. The summed E-state index contributed by atoms with van der Waals surface area (Å²) in [6.45, 7) is 4.00. The third kappa shape index (κ3) is 4.39. The van der Waals surface area contributed by atoms with Gasteiger partial charge in [0.2, 0.25) is 5.95 Å². The fourth-order valence-electron chi connectivity index (χ4n) is 4.58. The van der Waals surface area contributed by atoms with Crippen LogP contribution in [0.3, 0.4) is 0 Å². The number of benzene rings is 1. The Balaban J connectivity index is 1.33. The van der Waals surface area contributed by atoms with E-state index in [9.17, 15) is 0 Å². The topological polar surface area (TPSA) is 106 Å². The summed E-state index contributed by atoms with van der Waals surface area (Å²) in [4.78, 5) is 18.5. The first-order valence-electron chi connectivity index (χ1n) is 12.1. The molecule has 194 valence electrons. The molecule has 0 amide bonds. The largest absolute Gasteiger partial charge is 0.497 e. The van der Waals surface area contributed by atoms with Crippen LogP contribution in [0.2, 0.25) is 5.02 Å². The molecule has 5 heterocycles. The van der Waals surface area contributed by atoms with Crippen molar-refractivity contribution in [2.24, 2.45) is 0 Å². The van der Waals surface area contributed by atoms with Crippen molar-refractivity contribution in [1.29, 1.82) is 0 Å². The van der Waals surface area contributed by atoms with E-state index in [0.717, 1.165) is 48.6 Å². The van der Waals surface area contributed by atoms with Crippen molar-refractivity contribution in [3.8, 4) is 22.6 Å². The number of pyridine rings is 2. The molecule has 6 rings (SSSR count). The minimum Gasteiger partial charge on any atom is -0.497 e. The van der Waals surface area contributed by atoms with Gasteiger partial charge in [-0.25, -0.2) is 9.97 Å². The number of halogens is 1. The molecule has 1 N–H and O–H groups in total. The Bertz CT molecular complexity index is 1620. The number of hydrogen-bond acceptors (Lipinski definition) is 10. The van der Waals surface area contributed by atoms with Gasteiger partial charge in [0.15, 0.2) is 11.3 Å². The maximum absolute atomic E-state index is 6.68. The molecule has 5 aromatic rings. The van der Waals surface area contributed by atoms with Crippen LogP contribution in [-0.4, -0.2) is 81.9 Å². The van der Waals surface area contributed by atoms with Crippen molar-refractivity contribution >= 4 is 45.7 Å². The second-order valence-corrected chi connectivity index (χ2v) is 9.44. The molecule has 0 unspecified atom stereocenters. The highest BCUT2D eigenvalue weighted by molar-refractivity contribution is 6.35. The normalized spacial score (nSPS) is 14.3. The van der Waals surface area contributed by atoms with Gasteiger partial charge in [0.1, 0.15) is 23.6 Å². The molecule has 11 nitrogen and oxygen atoms in total. The van der Waals surface area contributed by atoms with Gasteiger partial charge in [-0.15, -0.1) is 10.2 Å². The number of rotatable bonds is 6. The Morgan fingerprint density at radius 3 is 2.50 bits per heavy atom. The number of nitrogens with zero attached hydrogens (tertiary/aromatic N) is 8. The van der Waals surface area contributed by atoms with E-state index >= 15 is 0 Å². The molecule has 4 aromatic heterocycles. The van der Waals surface area contributed by atoms with Crippen LogP contribution >= 0.6 is 11.6 Å². The molecule has 1 aliphatic heterocycles. The fraction of sp³-hybridized carbons (Fsp3) is 0.269. The van der Waals surface area contributed by atoms with Crippen molar-refractivity contribution < 1.29 is 9.47 Å². The fourth-order valence-corrected chi connectivity index (χ4v) is 4.86. The standard InChI is InChI=1S/C26H26ClN9O2/c1-34-6-8-35(9-7-34)22-5-4-17(14-28-22)31-26-29-13-16-10-20(25-33-30-15-36(25)24(16)32-26)19-11-18(37-2)12-21(38-3)23(19)27/h4-5,10-15H,6-9H2,1-3H3,(H,29,31,32). The van der Waals surface area contributed by atoms with Gasteiger partial charge >= 0.3 is 0 Å². The van der Waals surface area contributed by atoms with E-state index in [1.54, 1.807) is 39.0 Å². The summed E-state index contributed by atoms with van der Waals surface area (Å²) in [6, 6.07) is 9.53. The maximum Gasteiger partial charge on any atom is 0.229 e. The number of ether oxygens (including phenoxy) is 2. The monoisotopic (exact) mass is 531 g/mol. The van der Waals surface area contributed by atoms with Crippen LogP contribution in [0.4, 0.5) is 17.5 Å². The van der Waals surface area contributed by atoms with Gasteiger partial charge in [0.05, 0.1) is 31.1 Å². The summed E-state index contributed by atoms with van der Waals surface area (Å²) in [5.41, 5.74) is 3.51. The van der Waals surface area contributed by atoms with Crippen LogP contribution in [-0.2, 0) is 0 Å². The molecule has 1 aliphatic rings. The van der Waals surface area contributed by atoms with Gasteiger partial charge in [-0.05, 0) is 31.3 Å². The number of aromatic nitrogens is 6. The van der Waals surface area contributed by atoms with Crippen molar-refractivity contribution in [1.82, 2.24) is 34.4 Å². The molecular formula is C26H26ClN9O2. The number of piperazine rings is 1. The molecular weight excluding hydrogens is 506 g/mol. The Kier molecular flexibility index (Phi) is 6.30. The highest BCUT2D eigenvalue weighted by Crippen LogP contribution is 2.41. The Hall–Kier alpha value is -4.22. The van der Waals surface area contributed by atoms with Crippen LogP contribution < -0.4 is 19.7 Å². The van der Waals surface area contributed by atoms with E-state index < -0.39 is 0 Å². The Morgan fingerprint density at radius 2 is 1.76 bits per heavy atom. The minimum absolute atomic E-state index is 0.440. The number of fused-ring (bicyclic) bond motifs is 3. The van der Waals surface area contributed by atoms with Gasteiger partial charge in [0.25, 0.3) is 0 Å². The third-order valence-corrected chi connectivity index (χ3v) is 7.09. The van der Waals surface area contributed by atoms with Crippen LogP contribution in [0.15, 0.2) is 49.1 Å². The van der Waals surface area contributed by atoms with E-state index in [1.807, 2.05) is 28.7 Å². The molecule has 0 aliphatic carbocycles. The molecule has 0 spiro atoms. The van der Waals surface area contributed by atoms with E-state index in [-0.39, 0.29) is 0 Å². The first-order chi connectivity index (χ1) is 18.5. The van der Waals surface area contributed by atoms with E-state index in [4.69, 9.17) is 26.1 Å². The summed E-state index contributed by atoms with van der Waals surface area (Å²) in [5.74, 6) is 2.52. The van der Waals surface area contributed by atoms with Gasteiger partial charge in [-0.2, -0.15) is 4.98 Å². The molecule has 1 saturated heterocycles. The number of hydrogen-bond donors (Lipinski definition) is 1. The van der Waals surface area contributed by atoms with Crippen LogP contribution in [0.1, 0.15) is 0 Å². The molecule has 12 heteroatoms. The third-order valence-electron chi connectivity index (χ3n) is 6.70. The highest BCUT2D eigenvalue weighted by atomic mass is 35.5. The zero-order valence-corrected chi connectivity index (χ0v) is 22.0. The summed E-state index contributed by atoms with van der Waals surface area (Å²) >= 11 is 6.68. The molecule has 1 fully saturated rings. The number of anilines is 3. The number of likely N-dealkylation sites (N-methyl/N-ethyl adjacent to an activating group) is 1. The van der Waals surface area contributed by atoms with Crippen molar-refractivity contribution in [3.63, 3.8) is 0 Å². The molecule has 0 radical (unpaired) electrons. The van der Waals surface area contributed by atoms with Crippen molar-refractivity contribution in [2.45, 2.75) is 0 Å². The van der Waals surface area contributed by atoms with Gasteiger partial charge in [0, 0.05) is 55.0 Å². The number of nitrogens with one attached hydrogen (secondary N) is 1. The summed E-state index contributed by atoms with van der Waals surface area (Å²) in [5, 5.41) is 13.0. The predicted octanol–water partition coefficient (Wildman–Crippen LogP) is 3.90. The number of methoxy groups -OCH3 is 2. The summed E-state index contributed by atoms with van der Waals surface area (Å²) in [7, 11) is 5.30. The second-order valence-electron chi connectivity index (χ2n) is 9.07. The Labute approximate surface area is 224 Å². The first kappa shape index (κ1) is 24.1. The smallest absolute Gasteiger partial charge is 0.229 e. The zero-order valence-electron chi connectivity index (χ0n) is 21.2. The van der Waals surface area contributed by atoms with Crippen molar-refractivity contribution in [3.05, 3.63) is 54.1 Å². The SMILES string of the molecule is COc1cc(OC)c(Cl)c(-c2cc3cnc(Nc4ccc(N5CCN(C)CC5)nc4)nc3n3cnnc23)c1. The lowest BCUT2D eigenvalue weighted by atomic mass is 10.0.